The third kappa shape index (κ3) is 3.70. The molecule has 11 heteroatoms. The van der Waals surface area contributed by atoms with Crippen LogP contribution in [-0.4, -0.2) is 57.0 Å². The zero-order valence-corrected chi connectivity index (χ0v) is 17.5. The Labute approximate surface area is 181 Å². The van der Waals surface area contributed by atoms with E-state index in [1.54, 1.807) is 22.9 Å². The monoisotopic (exact) mass is 448 g/mol. The van der Waals surface area contributed by atoms with Gasteiger partial charge in [0, 0.05) is 31.5 Å². The number of hydrogen-bond donors (Lipinski definition) is 0. The first-order valence-electron chi connectivity index (χ1n) is 10.5. The molecule has 0 aromatic carbocycles. The number of morpholine rings is 1. The summed E-state index contributed by atoms with van der Waals surface area (Å²) in [6.07, 6.45) is -1.20. The van der Waals surface area contributed by atoms with Crippen LogP contribution in [0.15, 0.2) is 41.5 Å². The van der Waals surface area contributed by atoms with Gasteiger partial charge in [-0.3, -0.25) is 9.36 Å². The van der Waals surface area contributed by atoms with E-state index in [4.69, 9.17) is 4.74 Å². The van der Waals surface area contributed by atoms with Crippen LogP contribution in [0.1, 0.15) is 19.0 Å². The second kappa shape index (κ2) is 7.80. The molecule has 0 spiro atoms. The molecule has 3 aromatic heterocycles. The van der Waals surface area contributed by atoms with Gasteiger partial charge in [0.05, 0.1) is 31.5 Å². The predicted molar refractivity (Wildman–Crippen MR) is 112 cm³/mol. The summed E-state index contributed by atoms with van der Waals surface area (Å²) in [6, 6.07) is 5.05. The molecule has 1 fully saturated rings. The van der Waals surface area contributed by atoms with Crippen LogP contribution in [0.4, 0.5) is 24.9 Å². The molecule has 3 aromatic rings. The number of anilines is 2. The number of imidazole rings is 1. The van der Waals surface area contributed by atoms with Crippen molar-refractivity contribution in [2.24, 2.45) is 0 Å². The van der Waals surface area contributed by atoms with Crippen LogP contribution in [0, 0.1) is 0 Å². The standard InChI is InChI=1S/C21H23F3N6O2/c1-14-13-32-9-8-28(14)18-10-19(31)29-7-5-16(21(22,23)24)30(20(29)26-18)12-15-11-27-6-3-2-4-17(27)25-15/h2-4,6,10-11,14,16H,5,7-9,12-13H2,1H3/t14-,16?/m1/s1. The number of halogens is 3. The molecule has 5 heterocycles. The summed E-state index contributed by atoms with van der Waals surface area (Å²) >= 11 is 0. The van der Waals surface area contributed by atoms with Crippen molar-refractivity contribution in [3.8, 4) is 0 Å². The molecule has 0 N–H and O–H groups in total. The molecular formula is C21H23F3N6O2. The van der Waals surface area contributed by atoms with E-state index in [2.05, 4.69) is 9.97 Å². The third-order valence-corrected chi connectivity index (χ3v) is 6.02. The van der Waals surface area contributed by atoms with Crippen LogP contribution in [0.3, 0.4) is 0 Å². The summed E-state index contributed by atoms with van der Waals surface area (Å²) in [5, 5.41) is 0. The van der Waals surface area contributed by atoms with Crippen molar-refractivity contribution in [1.29, 1.82) is 0 Å². The molecule has 1 saturated heterocycles. The maximum atomic E-state index is 14.0. The van der Waals surface area contributed by atoms with Gasteiger partial charge in [-0.2, -0.15) is 18.2 Å². The molecule has 170 valence electrons. The zero-order chi connectivity index (χ0) is 22.5. The predicted octanol–water partition coefficient (Wildman–Crippen LogP) is 2.46. The number of ether oxygens (including phenoxy) is 1. The number of pyridine rings is 1. The minimum absolute atomic E-state index is 0.0248. The number of alkyl halides is 3. The Balaban J connectivity index is 1.58. The molecule has 0 bridgehead atoms. The average molecular weight is 448 g/mol. The number of nitrogens with zero attached hydrogens (tertiary/aromatic N) is 6. The Kier molecular flexibility index (Phi) is 5.07. The minimum atomic E-state index is -4.47. The van der Waals surface area contributed by atoms with Crippen LogP contribution in [0.5, 0.6) is 0 Å². The van der Waals surface area contributed by atoms with Gasteiger partial charge in [0.25, 0.3) is 5.56 Å². The fourth-order valence-corrected chi connectivity index (χ4v) is 4.43. The largest absolute Gasteiger partial charge is 0.408 e. The summed E-state index contributed by atoms with van der Waals surface area (Å²) in [4.78, 5) is 25.0. The Morgan fingerprint density at radius 1 is 1.22 bits per heavy atom. The summed E-state index contributed by atoms with van der Waals surface area (Å²) in [6.45, 7) is 3.25. The maximum Gasteiger partial charge on any atom is 0.408 e. The normalized spacial score (nSPS) is 21.8. The van der Waals surface area contributed by atoms with Crippen LogP contribution >= 0.6 is 0 Å². The van der Waals surface area contributed by atoms with E-state index < -0.39 is 12.2 Å². The van der Waals surface area contributed by atoms with Crippen LogP contribution < -0.4 is 15.4 Å². The number of rotatable bonds is 3. The van der Waals surface area contributed by atoms with Crippen molar-refractivity contribution in [2.45, 2.75) is 44.7 Å². The van der Waals surface area contributed by atoms with E-state index in [-0.39, 0.29) is 37.1 Å². The van der Waals surface area contributed by atoms with Gasteiger partial charge < -0.3 is 18.9 Å². The van der Waals surface area contributed by atoms with E-state index >= 15 is 0 Å². The first-order valence-corrected chi connectivity index (χ1v) is 10.5. The van der Waals surface area contributed by atoms with Gasteiger partial charge >= 0.3 is 6.18 Å². The molecule has 0 saturated carbocycles. The van der Waals surface area contributed by atoms with Gasteiger partial charge in [0.15, 0.2) is 0 Å². The lowest BCUT2D eigenvalue weighted by molar-refractivity contribution is -0.153. The second-order valence-electron chi connectivity index (χ2n) is 8.19. The van der Waals surface area contributed by atoms with Crippen molar-refractivity contribution in [3.05, 3.63) is 52.7 Å². The highest BCUT2D eigenvalue weighted by Gasteiger charge is 2.47. The van der Waals surface area contributed by atoms with Gasteiger partial charge in [0.1, 0.15) is 17.5 Å². The smallest absolute Gasteiger partial charge is 0.377 e. The topological polar surface area (TPSA) is 67.9 Å². The highest BCUT2D eigenvalue weighted by molar-refractivity contribution is 5.48. The molecule has 0 aliphatic carbocycles. The lowest BCUT2D eigenvalue weighted by Crippen LogP contribution is -2.52. The van der Waals surface area contributed by atoms with Crippen LogP contribution in [-0.2, 0) is 17.8 Å². The molecule has 5 rings (SSSR count). The van der Waals surface area contributed by atoms with Gasteiger partial charge in [-0.25, -0.2) is 4.98 Å². The molecule has 32 heavy (non-hydrogen) atoms. The SMILES string of the molecule is C[C@@H]1COCCN1c1cc(=O)n2c(n1)N(Cc1cn3ccccc3n1)C(C(F)(F)F)CC2. The van der Waals surface area contributed by atoms with Crippen molar-refractivity contribution >= 4 is 17.4 Å². The maximum absolute atomic E-state index is 14.0. The highest BCUT2D eigenvalue weighted by Crippen LogP contribution is 2.35. The van der Waals surface area contributed by atoms with Gasteiger partial charge in [-0.05, 0) is 25.5 Å². The molecule has 1 unspecified atom stereocenters. The molecule has 8 nitrogen and oxygen atoms in total. The third-order valence-electron chi connectivity index (χ3n) is 6.02. The lowest BCUT2D eigenvalue weighted by atomic mass is 10.1. The molecule has 2 atom stereocenters. The number of hydrogen-bond acceptors (Lipinski definition) is 6. The Bertz CT molecular complexity index is 1160. The first kappa shape index (κ1) is 20.8. The molecular weight excluding hydrogens is 425 g/mol. The van der Waals surface area contributed by atoms with Gasteiger partial charge in [-0.1, -0.05) is 6.07 Å². The van der Waals surface area contributed by atoms with E-state index in [1.807, 2.05) is 24.0 Å². The van der Waals surface area contributed by atoms with Gasteiger partial charge in [0.2, 0.25) is 5.95 Å². The number of fused-ring (bicyclic) bond motifs is 2. The van der Waals surface area contributed by atoms with E-state index in [0.717, 1.165) is 0 Å². The Hall–Kier alpha value is -3.08. The van der Waals surface area contributed by atoms with E-state index in [1.165, 1.54) is 15.5 Å². The Morgan fingerprint density at radius 2 is 2.06 bits per heavy atom. The molecule has 2 aliphatic rings. The molecule has 0 radical (unpaired) electrons. The summed E-state index contributed by atoms with van der Waals surface area (Å²) < 4.78 is 50.5. The van der Waals surface area contributed by atoms with Crippen LogP contribution in [0.25, 0.3) is 5.65 Å². The fraction of sp³-hybridized carbons (Fsp3) is 0.476. The van der Waals surface area contributed by atoms with Crippen molar-refractivity contribution < 1.29 is 17.9 Å². The fourth-order valence-electron chi connectivity index (χ4n) is 4.43. The summed E-state index contributed by atoms with van der Waals surface area (Å²) in [7, 11) is 0. The summed E-state index contributed by atoms with van der Waals surface area (Å²) in [5.74, 6) is 0.400. The minimum Gasteiger partial charge on any atom is -0.377 e. The molecule has 2 aliphatic heterocycles. The Morgan fingerprint density at radius 3 is 2.81 bits per heavy atom. The quantitative estimate of drug-likeness (QED) is 0.613. The zero-order valence-electron chi connectivity index (χ0n) is 17.5. The van der Waals surface area contributed by atoms with Gasteiger partial charge in [-0.15, -0.1) is 0 Å². The molecule has 0 amide bonds. The summed E-state index contributed by atoms with van der Waals surface area (Å²) in [5.41, 5.74) is 0.756. The second-order valence-corrected chi connectivity index (χ2v) is 8.19. The van der Waals surface area contributed by atoms with Crippen molar-refractivity contribution in [1.82, 2.24) is 18.9 Å². The highest BCUT2D eigenvalue weighted by atomic mass is 19.4. The lowest BCUT2D eigenvalue weighted by Gasteiger charge is -2.40. The van der Waals surface area contributed by atoms with Crippen molar-refractivity contribution in [2.75, 3.05) is 29.6 Å². The first-order chi connectivity index (χ1) is 15.3. The van der Waals surface area contributed by atoms with E-state index in [9.17, 15) is 18.0 Å². The average Bonchev–Trinajstić information content (AvgIpc) is 3.16. The van der Waals surface area contributed by atoms with Crippen LogP contribution in [0.2, 0.25) is 0 Å². The van der Waals surface area contributed by atoms with Crippen molar-refractivity contribution in [3.63, 3.8) is 0 Å². The van der Waals surface area contributed by atoms with E-state index in [0.29, 0.717) is 36.9 Å². The number of aromatic nitrogens is 4.